The molecule has 0 aliphatic carbocycles. The maximum Gasteiger partial charge on any atom is 0.143 e. The van der Waals surface area contributed by atoms with E-state index in [9.17, 15) is 0 Å². The highest BCUT2D eigenvalue weighted by molar-refractivity contribution is 6.09. The highest BCUT2D eigenvalue weighted by Crippen LogP contribution is 2.44. The molecule has 8 aromatic carbocycles. The van der Waals surface area contributed by atoms with E-state index in [1.54, 1.807) is 0 Å². The SMILES string of the molecule is c1ccc(-c2cccc(N(c3cccc(-c4ccccc4)c3)c3ccccc3-c3cccc(-c4cccc5c4oc4ccccc45)c3)c2)cc1. The summed E-state index contributed by atoms with van der Waals surface area (Å²) in [5.41, 5.74) is 14.3. The normalized spacial score (nSPS) is 11.2. The van der Waals surface area contributed by atoms with Crippen LogP contribution in [-0.4, -0.2) is 0 Å². The lowest BCUT2D eigenvalue weighted by Gasteiger charge is -2.29. The lowest BCUT2D eigenvalue weighted by atomic mass is 9.96. The molecule has 0 aliphatic heterocycles. The molecule has 0 N–H and O–H groups in total. The van der Waals surface area contributed by atoms with Crippen molar-refractivity contribution in [2.75, 3.05) is 4.90 Å². The quantitative estimate of drug-likeness (QED) is 0.173. The molecule has 0 radical (unpaired) electrons. The minimum absolute atomic E-state index is 0.905. The molecule has 9 rings (SSSR count). The predicted molar refractivity (Wildman–Crippen MR) is 210 cm³/mol. The van der Waals surface area contributed by atoms with Gasteiger partial charge in [-0.05, 0) is 75.8 Å². The van der Waals surface area contributed by atoms with E-state index in [0.29, 0.717) is 0 Å². The molecule has 0 saturated carbocycles. The first-order valence-electron chi connectivity index (χ1n) is 17.0. The van der Waals surface area contributed by atoms with Crippen LogP contribution in [0.2, 0.25) is 0 Å². The highest BCUT2D eigenvalue weighted by atomic mass is 16.3. The van der Waals surface area contributed by atoms with Crippen LogP contribution in [0.5, 0.6) is 0 Å². The Morgan fingerprint density at radius 1 is 0.320 bits per heavy atom. The van der Waals surface area contributed by atoms with Crippen LogP contribution in [0.3, 0.4) is 0 Å². The summed E-state index contributed by atoms with van der Waals surface area (Å²) in [4.78, 5) is 2.39. The lowest BCUT2D eigenvalue weighted by Crippen LogP contribution is -2.11. The maximum atomic E-state index is 6.45. The van der Waals surface area contributed by atoms with Crippen molar-refractivity contribution in [1.29, 1.82) is 0 Å². The predicted octanol–water partition coefficient (Wildman–Crippen LogP) is 13.7. The smallest absolute Gasteiger partial charge is 0.143 e. The molecule has 0 unspecified atom stereocenters. The second kappa shape index (κ2) is 12.8. The van der Waals surface area contributed by atoms with Gasteiger partial charge in [0, 0.05) is 33.3 Å². The topological polar surface area (TPSA) is 16.4 Å². The summed E-state index contributed by atoms with van der Waals surface area (Å²) in [6.07, 6.45) is 0. The van der Waals surface area contributed by atoms with Gasteiger partial charge in [-0.15, -0.1) is 0 Å². The molecule has 1 heterocycles. The maximum absolute atomic E-state index is 6.45. The third-order valence-electron chi connectivity index (χ3n) is 9.46. The number of para-hydroxylation sites is 3. The van der Waals surface area contributed by atoms with Crippen LogP contribution in [0.25, 0.3) is 66.4 Å². The van der Waals surface area contributed by atoms with Gasteiger partial charge in [-0.25, -0.2) is 0 Å². The molecule has 0 fully saturated rings. The van der Waals surface area contributed by atoms with Crippen LogP contribution in [0.15, 0.2) is 205 Å². The Morgan fingerprint density at radius 3 is 1.50 bits per heavy atom. The van der Waals surface area contributed by atoms with Crippen LogP contribution in [0.1, 0.15) is 0 Å². The molecule has 0 saturated heterocycles. The molecular weight excluding hydrogens is 607 g/mol. The number of hydrogen-bond donors (Lipinski definition) is 0. The standard InChI is InChI=1S/C48H33NO/c1-3-15-34(16-4-1)36-19-12-23-40(32-36)49(41-24-13-20-37(33-41)35-17-5-2-6-18-35)46-29-9-7-25-42(46)38-21-11-22-39(31-38)43-27-14-28-45-44-26-8-10-30-47(44)50-48(43)45/h1-33H. The van der Waals surface area contributed by atoms with Gasteiger partial charge in [-0.1, -0.05) is 158 Å². The third-order valence-corrected chi connectivity index (χ3v) is 9.46. The van der Waals surface area contributed by atoms with Crippen molar-refractivity contribution in [2.24, 2.45) is 0 Å². The summed E-state index contributed by atoms with van der Waals surface area (Å²) >= 11 is 0. The molecule has 2 heteroatoms. The van der Waals surface area contributed by atoms with Gasteiger partial charge in [0.05, 0.1) is 5.69 Å². The second-order valence-electron chi connectivity index (χ2n) is 12.5. The fourth-order valence-corrected chi connectivity index (χ4v) is 7.08. The Balaban J connectivity index is 1.21. The molecule has 0 spiro atoms. The molecule has 0 amide bonds. The van der Waals surface area contributed by atoms with Crippen molar-refractivity contribution >= 4 is 39.0 Å². The van der Waals surface area contributed by atoms with E-state index in [1.165, 1.54) is 22.3 Å². The Morgan fingerprint density at radius 2 is 0.800 bits per heavy atom. The van der Waals surface area contributed by atoms with E-state index in [4.69, 9.17) is 4.42 Å². The van der Waals surface area contributed by atoms with Gasteiger partial charge in [0.25, 0.3) is 0 Å². The number of benzene rings is 8. The Kier molecular flexibility index (Phi) is 7.53. The minimum atomic E-state index is 0.905. The minimum Gasteiger partial charge on any atom is -0.455 e. The van der Waals surface area contributed by atoms with Crippen molar-refractivity contribution in [3.8, 4) is 44.5 Å². The Labute approximate surface area is 292 Å². The Bertz CT molecular complexity index is 2520. The summed E-state index contributed by atoms with van der Waals surface area (Å²) in [6.45, 7) is 0. The zero-order valence-corrected chi connectivity index (χ0v) is 27.4. The van der Waals surface area contributed by atoms with Gasteiger partial charge in [0.2, 0.25) is 0 Å². The number of anilines is 3. The van der Waals surface area contributed by atoms with Crippen molar-refractivity contribution in [3.05, 3.63) is 200 Å². The van der Waals surface area contributed by atoms with Gasteiger partial charge >= 0.3 is 0 Å². The monoisotopic (exact) mass is 639 g/mol. The molecule has 0 aliphatic rings. The van der Waals surface area contributed by atoms with E-state index in [-0.39, 0.29) is 0 Å². The highest BCUT2D eigenvalue weighted by Gasteiger charge is 2.19. The largest absolute Gasteiger partial charge is 0.455 e. The zero-order valence-electron chi connectivity index (χ0n) is 27.4. The van der Waals surface area contributed by atoms with E-state index in [2.05, 4.69) is 193 Å². The van der Waals surface area contributed by atoms with Crippen LogP contribution in [-0.2, 0) is 0 Å². The first-order chi connectivity index (χ1) is 24.8. The molecule has 50 heavy (non-hydrogen) atoms. The zero-order chi connectivity index (χ0) is 33.3. The van der Waals surface area contributed by atoms with Crippen molar-refractivity contribution in [1.82, 2.24) is 0 Å². The molecular formula is C48H33NO. The third kappa shape index (κ3) is 5.43. The van der Waals surface area contributed by atoms with Crippen LogP contribution in [0.4, 0.5) is 17.1 Å². The summed E-state index contributed by atoms with van der Waals surface area (Å²) in [7, 11) is 0. The van der Waals surface area contributed by atoms with Crippen LogP contribution >= 0.6 is 0 Å². The van der Waals surface area contributed by atoms with Gasteiger partial charge in [0.15, 0.2) is 0 Å². The number of hydrogen-bond acceptors (Lipinski definition) is 2. The lowest BCUT2D eigenvalue weighted by molar-refractivity contribution is 0.670. The summed E-state index contributed by atoms with van der Waals surface area (Å²) in [5, 5.41) is 2.27. The molecule has 0 atom stereocenters. The molecule has 9 aromatic rings. The average Bonchev–Trinajstić information content (AvgIpc) is 3.58. The summed E-state index contributed by atoms with van der Waals surface area (Å²) in [6, 6.07) is 71.1. The average molecular weight is 640 g/mol. The van der Waals surface area contributed by atoms with E-state index in [0.717, 1.165) is 61.3 Å². The first-order valence-corrected chi connectivity index (χ1v) is 17.0. The Hall–Kier alpha value is -6.64. The van der Waals surface area contributed by atoms with Crippen LogP contribution < -0.4 is 4.90 Å². The fourth-order valence-electron chi connectivity index (χ4n) is 7.08. The molecule has 236 valence electrons. The first kappa shape index (κ1) is 29.5. The van der Waals surface area contributed by atoms with E-state index < -0.39 is 0 Å². The molecule has 1 aromatic heterocycles. The number of furan rings is 1. The van der Waals surface area contributed by atoms with Gasteiger partial charge in [0.1, 0.15) is 11.2 Å². The van der Waals surface area contributed by atoms with Crippen LogP contribution in [0, 0.1) is 0 Å². The second-order valence-corrected chi connectivity index (χ2v) is 12.5. The summed E-state index contributed by atoms with van der Waals surface area (Å²) in [5.74, 6) is 0. The molecule has 2 nitrogen and oxygen atoms in total. The van der Waals surface area contributed by atoms with Crippen molar-refractivity contribution < 1.29 is 4.42 Å². The van der Waals surface area contributed by atoms with Crippen molar-refractivity contribution in [3.63, 3.8) is 0 Å². The van der Waals surface area contributed by atoms with Gasteiger partial charge in [-0.2, -0.15) is 0 Å². The number of nitrogens with zero attached hydrogens (tertiary/aromatic N) is 1. The van der Waals surface area contributed by atoms with E-state index in [1.807, 2.05) is 12.1 Å². The molecule has 0 bridgehead atoms. The van der Waals surface area contributed by atoms with Gasteiger partial charge < -0.3 is 9.32 Å². The number of fused-ring (bicyclic) bond motifs is 3. The van der Waals surface area contributed by atoms with Gasteiger partial charge in [-0.3, -0.25) is 0 Å². The van der Waals surface area contributed by atoms with E-state index >= 15 is 0 Å². The fraction of sp³-hybridized carbons (Fsp3) is 0. The van der Waals surface area contributed by atoms with Crippen molar-refractivity contribution in [2.45, 2.75) is 0 Å². The number of rotatable bonds is 7. The summed E-state index contributed by atoms with van der Waals surface area (Å²) < 4.78 is 6.45.